The third-order valence-corrected chi connectivity index (χ3v) is 3.98. The highest BCUT2D eigenvalue weighted by Crippen LogP contribution is 2.23. The van der Waals surface area contributed by atoms with Crippen LogP contribution in [0.3, 0.4) is 0 Å². The van der Waals surface area contributed by atoms with Crippen molar-refractivity contribution in [1.29, 1.82) is 0 Å². The summed E-state index contributed by atoms with van der Waals surface area (Å²) < 4.78 is 23.9. The number of carbonyl (C=O) groups is 1. The van der Waals surface area contributed by atoms with Crippen LogP contribution in [0.25, 0.3) is 11.5 Å². The molecule has 3 aromatic rings. The Morgan fingerprint density at radius 2 is 1.65 bits per heavy atom. The molecule has 0 saturated heterocycles. The lowest BCUT2D eigenvalue weighted by atomic mass is 10.0. The SMILES string of the molecule is CC(C)c1ccc(C(=O)O[C@H](C)c2nnc(-c3ccc(F)cc3)o2)cc1. The minimum absolute atomic E-state index is 0.177. The van der Waals surface area contributed by atoms with E-state index in [4.69, 9.17) is 9.15 Å². The molecule has 0 spiro atoms. The summed E-state index contributed by atoms with van der Waals surface area (Å²) in [6, 6.07) is 13.0. The van der Waals surface area contributed by atoms with E-state index in [0.29, 0.717) is 17.0 Å². The number of carbonyl (C=O) groups excluding carboxylic acids is 1. The van der Waals surface area contributed by atoms with Gasteiger partial charge >= 0.3 is 5.97 Å². The van der Waals surface area contributed by atoms with Gasteiger partial charge in [0.2, 0.25) is 5.89 Å². The lowest BCUT2D eigenvalue weighted by Crippen LogP contribution is -2.09. The second kappa shape index (κ2) is 7.47. The summed E-state index contributed by atoms with van der Waals surface area (Å²) in [5.41, 5.74) is 2.20. The van der Waals surface area contributed by atoms with Crippen molar-refractivity contribution in [2.75, 3.05) is 0 Å². The maximum absolute atomic E-state index is 13.0. The van der Waals surface area contributed by atoms with Crippen LogP contribution in [0.4, 0.5) is 4.39 Å². The van der Waals surface area contributed by atoms with Gasteiger partial charge in [-0.1, -0.05) is 26.0 Å². The van der Waals surface area contributed by atoms with Crippen LogP contribution in [0.1, 0.15) is 54.6 Å². The van der Waals surface area contributed by atoms with E-state index in [1.165, 1.54) is 12.1 Å². The average molecular weight is 354 g/mol. The van der Waals surface area contributed by atoms with Crippen molar-refractivity contribution < 1.29 is 18.3 Å². The molecule has 0 aliphatic carbocycles. The molecule has 0 saturated carbocycles. The first-order chi connectivity index (χ1) is 12.4. The molecule has 0 aliphatic rings. The third kappa shape index (κ3) is 3.96. The van der Waals surface area contributed by atoms with Crippen LogP contribution < -0.4 is 0 Å². The van der Waals surface area contributed by atoms with E-state index in [-0.39, 0.29) is 17.6 Å². The Kier molecular flexibility index (Phi) is 5.11. The molecule has 3 rings (SSSR count). The first kappa shape index (κ1) is 17.8. The zero-order chi connectivity index (χ0) is 18.7. The number of halogens is 1. The van der Waals surface area contributed by atoms with Crippen LogP contribution in [0, 0.1) is 5.82 Å². The first-order valence-corrected chi connectivity index (χ1v) is 8.34. The van der Waals surface area contributed by atoms with Gasteiger partial charge in [0.1, 0.15) is 5.82 Å². The number of aromatic nitrogens is 2. The molecule has 26 heavy (non-hydrogen) atoms. The Hall–Kier alpha value is -3.02. The van der Waals surface area contributed by atoms with E-state index >= 15 is 0 Å². The van der Waals surface area contributed by atoms with Crippen molar-refractivity contribution in [1.82, 2.24) is 10.2 Å². The molecule has 0 aliphatic heterocycles. The van der Waals surface area contributed by atoms with Gasteiger partial charge in [0, 0.05) is 5.56 Å². The van der Waals surface area contributed by atoms with Crippen LogP contribution in [-0.2, 0) is 4.74 Å². The highest BCUT2D eigenvalue weighted by Gasteiger charge is 2.20. The zero-order valence-corrected chi connectivity index (χ0v) is 14.8. The highest BCUT2D eigenvalue weighted by atomic mass is 19.1. The molecule has 1 aromatic heterocycles. The topological polar surface area (TPSA) is 65.2 Å². The molecule has 0 N–H and O–H groups in total. The van der Waals surface area contributed by atoms with Crippen LogP contribution in [0.2, 0.25) is 0 Å². The second-order valence-corrected chi connectivity index (χ2v) is 6.28. The van der Waals surface area contributed by atoms with Gasteiger partial charge in [-0.25, -0.2) is 9.18 Å². The Morgan fingerprint density at radius 3 is 2.27 bits per heavy atom. The van der Waals surface area contributed by atoms with Crippen molar-refractivity contribution in [3.8, 4) is 11.5 Å². The average Bonchev–Trinajstić information content (AvgIpc) is 3.12. The van der Waals surface area contributed by atoms with Crippen molar-refractivity contribution in [3.05, 3.63) is 71.4 Å². The number of nitrogens with zero attached hydrogens (tertiary/aromatic N) is 2. The number of hydrogen-bond donors (Lipinski definition) is 0. The Morgan fingerprint density at radius 1 is 1.00 bits per heavy atom. The normalized spacial score (nSPS) is 12.2. The van der Waals surface area contributed by atoms with Gasteiger partial charge in [-0.2, -0.15) is 0 Å². The highest BCUT2D eigenvalue weighted by molar-refractivity contribution is 5.89. The predicted molar refractivity (Wildman–Crippen MR) is 94.1 cm³/mol. The molecule has 0 amide bonds. The van der Waals surface area contributed by atoms with E-state index < -0.39 is 12.1 Å². The summed E-state index contributed by atoms with van der Waals surface area (Å²) in [4.78, 5) is 12.3. The molecule has 0 fully saturated rings. The first-order valence-electron chi connectivity index (χ1n) is 8.34. The summed E-state index contributed by atoms with van der Waals surface area (Å²) in [6.07, 6.45) is -0.700. The van der Waals surface area contributed by atoms with Crippen LogP contribution in [-0.4, -0.2) is 16.2 Å². The maximum Gasteiger partial charge on any atom is 0.338 e. The summed E-state index contributed by atoms with van der Waals surface area (Å²) in [5, 5.41) is 7.83. The van der Waals surface area contributed by atoms with Gasteiger partial charge in [0.15, 0.2) is 6.10 Å². The molecular weight excluding hydrogens is 335 g/mol. The molecule has 134 valence electrons. The fourth-order valence-electron chi connectivity index (χ4n) is 2.39. The second-order valence-electron chi connectivity index (χ2n) is 6.28. The fourth-order valence-corrected chi connectivity index (χ4v) is 2.39. The number of hydrogen-bond acceptors (Lipinski definition) is 5. The van der Waals surface area contributed by atoms with Crippen molar-refractivity contribution in [3.63, 3.8) is 0 Å². The van der Waals surface area contributed by atoms with Crippen molar-refractivity contribution in [2.45, 2.75) is 32.8 Å². The molecule has 6 heteroatoms. The molecule has 1 atom stereocenters. The molecule has 5 nitrogen and oxygen atoms in total. The summed E-state index contributed by atoms with van der Waals surface area (Å²) in [7, 11) is 0. The van der Waals surface area contributed by atoms with Crippen LogP contribution in [0.5, 0.6) is 0 Å². The summed E-state index contributed by atoms with van der Waals surface area (Å²) in [6.45, 7) is 5.83. The minimum atomic E-state index is -0.700. The van der Waals surface area contributed by atoms with Gasteiger partial charge in [-0.05, 0) is 54.8 Å². The fraction of sp³-hybridized carbons (Fsp3) is 0.250. The monoisotopic (exact) mass is 354 g/mol. The van der Waals surface area contributed by atoms with Gasteiger partial charge in [-0.3, -0.25) is 0 Å². The smallest absolute Gasteiger partial charge is 0.338 e. The Bertz CT molecular complexity index is 886. The summed E-state index contributed by atoms with van der Waals surface area (Å²) in [5.74, 6) is -0.00320. The quantitative estimate of drug-likeness (QED) is 0.609. The maximum atomic E-state index is 13.0. The number of ether oxygens (including phenoxy) is 1. The van der Waals surface area contributed by atoms with Crippen molar-refractivity contribution in [2.24, 2.45) is 0 Å². The predicted octanol–water partition coefficient (Wildman–Crippen LogP) is 4.92. The molecule has 2 aromatic carbocycles. The van der Waals surface area contributed by atoms with Gasteiger partial charge in [0.05, 0.1) is 5.56 Å². The molecule has 1 heterocycles. The number of benzene rings is 2. The van der Waals surface area contributed by atoms with E-state index in [9.17, 15) is 9.18 Å². The van der Waals surface area contributed by atoms with E-state index in [1.54, 1.807) is 31.2 Å². The Labute approximate surface area is 150 Å². The van der Waals surface area contributed by atoms with Gasteiger partial charge in [-0.15, -0.1) is 10.2 Å². The van der Waals surface area contributed by atoms with Crippen molar-refractivity contribution >= 4 is 5.97 Å². The lowest BCUT2D eigenvalue weighted by Gasteiger charge is -2.10. The van der Waals surface area contributed by atoms with Gasteiger partial charge in [0.25, 0.3) is 5.89 Å². The van der Waals surface area contributed by atoms with Gasteiger partial charge < -0.3 is 9.15 Å². The van der Waals surface area contributed by atoms with E-state index in [2.05, 4.69) is 24.0 Å². The Balaban J connectivity index is 1.68. The number of esters is 1. The third-order valence-electron chi connectivity index (χ3n) is 3.98. The largest absolute Gasteiger partial charge is 0.449 e. The van der Waals surface area contributed by atoms with E-state index in [1.807, 2.05) is 12.1 Å². The van der Waals surface area contributed by atoms with Crippen LogP contribution >= 0.6 is 0 Å². The standard InChI is InChI=1S/C20H19FN2O3/c1-12(2)14-4-6-16(7-5-14)20(24)25-13(3)18-22-23-19(26-18)15-8-10-17(21)11-9-15/h4-13H,1-3H3/t13-/m1/s1. The lowest BCUT2D eigenvalue weighted by molar-refractivity contribution is 0.0280. The minimum Gasteiger partial charge on any atom is -0.449 e. The zero-order valence-electron chi connectivity index (χ0n) is 14.8. The molecule has 0 unspecified atom stereocenters. The molecular formula is C20H19FN2O3. The summed E-state index contributed by atoms with van der Waals surface area (Å²) >= 11 is 0. The molecule has 0 bridgehead atoms. The molecule has 0 radical (unpaired) electrons. The van der Waals surface area contributed by atoms with E-state index in [0.717, 1.165) is 5.56 Å². The number of rotatable bonds is 5. The van der Waals surface area contributed by atoms with Crippen LogP contribution in [0.15, 0.2) is 52.9 Å².